The normalized spacial score (nSPS) is 10.4. The van der Waals surface area contributed by atoms with Gasteiger partial charge in [0.15, 0.2) is 0 Å². The number of aliphatic carboxylic acids is 1. The minimum absolute atomic E-state index is 0.154. The molecule has 2 aromatic rings. The zero-order valence-corrected chi connectivity index (χ0v) is 10.7. The Labute approximate surface area is 115 Å². The molecule has 0 saturated heterocycles. The van der Waals surface area contributed by atoms with Crippen LogP contribution in [0.3, 0.4) is 0 Å². The Bertz CT molecular complexity index is 622. The Kier molecular flexibility index (Phi) is 4.62. The van der Waals surface area contributed by atoms with E-state index in [9.17, 15) is 9.59 Å². The van der Waals surface area contributed by atoms with Crippen LogP contribution in [0.25, 0.3) is 10.9 Å². The van der Waals surface area contributed by atoms with E-state index in [-0.39, 0.29) is 25.7 Å². The number of carboxylic acid groups (broad SMARTS) is 1. The number of amides is 1. The lowest BCUT2D eigenvalue weighted by molar-refractivity contribution is -0.142. The maximum Gasteiger partial charge on any atom is 0.329 e. The summed E-state index contributed by atoms with van der Waals surface area (Å²) in [6, 6.07) is 9.02. The molecule has 0 aliphatic heterocycles. The molecule has 1 aromatic heterocycles. The molecule has 1 amide bonds. The number of ether oxygens (including phenoxy) is 1. The molecule has 1 heterocycles. The zero-order chi connectivity index (χ0) is 14.4. The average molecular weight is 274 g/mol. The first-order valence-corrected chi connectivity index (χ1v) is 6.10. The summed E-state index contributed by atoms with van der Waals surface area (Å²) in [5.74, 6) is -1.26. The van der Waals surface area contributed by atoms with Crippen molar-refractivity contribution >= 4 is 22.8 Å². The Balaban J connectivity index is 1.96. The second-order valence-electron chi connectivity index (χ2n) is 4.08. The van der Waals surface area contributed by atoms with Crippen LogP contribution in [-0.4, -0.2) is 41.7 Å². The quantitative estimate of drug-likeness (QED) is 0.769. The summed E-state index contributed by atoms with van der Waals surface area (Å²) in [4.78, 5) is 26.5. The van der Waals surface area contributed by atoms with Crippen LogP contribution in [0.15, 0.2) is 36.5 Å². The highest BCUT2D eigenvalue weighted by Crippen LogP contribution is 2.15. The minimum atomic E-state index is -1.03. The Hall–Kier alpha value is -2.47. The number of benzene rings is 1. The van der Waals surface area contributed by atoms with Crippen molar-refractivity contribution in [2.75, 3.05) is 19.8 Å². The van der Waals surface area contributed by atoms with Gasteiger partial charge in [0.25, 0.3) is 5.91 Å². The summed E-state index contributed by atoms with van der Waals surface area (Å²) < 4.78 is 4.84. The zero-order valence-electron chi connectivity index (χ0n) is 10.7. The number of carboxylic acids is 1. The Morgan fingerprint density at radius 1 is 1.25 bits per heavy atom. The van der Waals surface area contributed by atoms with Gasteiger partial charge in [-0.1, -0.05) is 18.2 Å². The number of nitrogens with one attached hydrogen (secondary N) is 1. The van der Waals surface area contributed by atoms with Crippen LogP contribution in [0.1, 0.15) is 10.4 Å². The van der Waals surface area contributed by atoms with Gasteiger partial charge in [-0.25, -0.2) is 4.79 Å². The Morgan fingerprint density at radius 2 is 2.05 bits per heavy atom. The van der Waals surface area contributed by atoms with Crippen LogP contribution >= 0.6 is 0 Å². The molecule has 104 valence electrons. The molecule has 6 heteroatoms. The third kappa shape index (κ3) is 3.52. The predicted octanol–water partition coefficient (Wildman–Crippen LogP) is 1.07. The van der Waals surface area contributed by atoms with Crippen LogP contribution in [-0.2, 0) is 9.53 Å². The number of rotatable bonds is 6. The van der Waals surface area contributed by atoms with Gasteiger partial charge in [0.05, 0.1) is 17.7 Å². The molecule has 0 aliphatic carbocycles. The molecule has 0 radical (unpaired) electrons. The molecule has 0 saturated carbocycles. The number of nitrogens with zero attached hydrogens (tertiary/aromatic N) is 1. The molecular weight excluding hydrogens is 260 g/mol. The summed E-state index contributed by atoms with van der Waals surface area (Å²) in [6.45, 7) is 0.0396. The van der Waals surface area contributed by atoms with Crippen molar-refractivity contribution in [3.05, 3.63) is 42.1 Å². The molecule has 2 rings (SSSR count). The lowest BCUT2D eigenvalue weighted by Crippen LogP contribution is -2.28. The van der Waals surface area contributed by atoms with E-state index < -0.39 is 5.97 Å². The van der Waals surface area contributed by atoms with Crippen molar-refractivity contribution in [3.63, 3.8) is 0 Å². The van der Waals surface area contributed by atoms with Gasteiger partial charge in [0.1, 0.15) is 6.61 Å². The standard InChI is InChI=1S/C14H14N2O4/c17-13(18)9-20-8-7-16-14(19)11-5-6-15-12-4-2-1-3-10(11)12/h1-6H,7-9H2,(H,16,19)(H,17,18). The first-order valence-electron chi connectivity index (χ1n) is 6.10. The lowest BCUT2D eigenvalue weighted by Gasteiger charge is -2.07. The number of hydrogen-bond donors (Lipinski definition) is 2. The number of hydrogen-bond acceptors (Lipinski definition) is 4. The van der Waals surface area contributed by atoms with Gasteiger partial charge in [-0.3, -0.25) is 9.78 Å². The first kappa shape index (κ1) is 14.0. The highest BCUT2D eigenvalue weighted by atomic mass is 16.5. The first-order chi connectivity index (χ1) is 9.68. The summed E-state index contributed by atoms with van der Waals surface area (Å²) in [6.07, 6.45) is 1.58. The summed E-state index contributed by atoms with van der Waals surface area (Å²) in [7, 11) is 0. The van der Waals surface area contributed by atoms with Gasteiger partial charge >= 0.3 is 5.97 Å². The molecule has 0 aliphatic rings. The van der Waals surface area contributed by atoms with Gasteiger partial charge in [0.2, 0.25) is 0 Å². The van der Waals surface area contributed by atoms with Crippen molar-refractivity contribution in [3.8, 4) is 0 Å². The molecule has 2 N–H and O–H groups in total. The molecule has 6 nitrogen and oxygen atoms in total. The number of aromatic nitrogens is 1. The fourth-order valence-electron chi connectivity index (χ4n) is 1.79. The smallest absolute Gasteiger partial charge is 0.329 e. The van der Waals surface area contributed by atoms with Crippen molar-refractivity contribution in [2.45, 2.75) is 0 Å². The van der Waals surface area contributed by atoms with Crippen molar-refractivity contribution in [2.24, 2.45) is 0 Å². The SMILES string of the molecule is O=C(O)COCCNC(=O)c1ccnc2ccccc12. The Morgan fingerprint density at radius 3 is 2.85 bits per heavy atom. The maximum atomic E-state index is 12.0. The van der Waals surface area contributed by atoms with Crippen molar-refractivity contribution < 1.29 is 19.4 Å². The van der Waals surface area contributed by atoms with Crippen LogP contribution in [0.5, 0.6) is 0 Å². The largest absolute Gasteiger partial charge is 0.480 e. The molecule has 20 heavy (non-hydrogen) atoms. The fraction of sp³-hybridized carbons (Fsp3) is 0.214. The minimum Gasteiger partial charge on any atom is -0.480 e. The number of carbonyl (C=O) groups is 2. The van der Waals surface area contributed by atoms with Crippen LogP contribution in [0.4, 0.5) is 0 Å². The molecule has 0 unspecified atom stereocenters. The van der Waals surface area contributed by atoms with E-state index >= 15 is 0 Å². The lowest BCUT2D eigenvalue weighted by atomic mass is 10.1. The van der Waals surface area contributed by atoms with E-state index in [4.69, 9.17) is 9.84 Å². The van der Waals surface area contributed by atoms with E-state index in [0.717, 1.165) is 10.9 Å². The fourth-order valence-corrected chi connectivity index (χ4v) is 1.79. The van der Waals surface area contributed by atoms with Crippen LogP contribution in [0, 0.1) is 0 Å². The number of fused-ring (bicyclic) bond motifs is 1. The van der Waals surface area contributed by atoms with E-state index in [1.54, 1.807) is 12.3 Å². The third-order valence-electron chi connectivity index (χ3n) is 2.65. The van der Waals surface area contributed by atoms with Gasteiger partial charge in [0, 0.05) is 18.1 Å². The van der Waals surface area contributed by atoms with E-state index in [1.807, 2.05) is 24.3 Å². The van der Waals surface area contributed by atoms with Crippen LogP contribution < -0.4 is 5.32 Å². The third-order valence-corrected chi connectivity index (χ3v) is 2.65. The average Bonchev–Trinajstić information content (AvgIpc) is 2.45. The highest BCUT2D eigenvalue weighted by molar-refractivity contribution is 6.05. The summed E-state index contributed by atoms with van der Waals surface area (Å²) >= 11 is 0. The van der Waals surface area contributed by atoms with Gasteiger partial charge < -0.3 is 15.2 Å². The molecular formula is C14H14N2O4. The monoisotopic (exact) mass is 274 g/mol. The van der Waals surface area contributed by atoms with Crippen molar-refractivity contribution in [1.82, 2.24) is 10.3 Å². The highest BCUT2D eigenvalue weighted by Gasteiger charge is 2.09. The van der Waals surface area contributed by atoms with E-state index in [2.05, 4.69) is 10.3 Å². The van der Waals surface area contributed by atoms with E-state index in [0.29, 0.717) is 5.56 Å². The van der Waals surface area contributed by atoms with Crippen LogP contribution in [0.2, 0.25) is 0 Å². The predicted molar refractivity (Wildman–Crippen MR) is 72.5 cm³/mol. The molecule has 0 fully saturated rings. The second-order valence-corrected chi connectivity index (χ2v) is 4.08. The van der Waals surface area contributed by atoms with Gasteiger partial charge in [-0.2, -0.15) is 0 Å². The molecule has 0 atom stereocenters. The number of carbonyl (C=O) groups excluding carboxylic acids is 1. The number of pyridine rings is 1. The molecule has 0 bridgehead atoms. The van der Waals surface area contributed by atoms with Crippen molar-refractivity contribution in [1.29, 1.82) is 0 Å². The maximum absolute atomic E-state index is 12.0. The number of para-hydroxylation sites is 1. The van der Waals surface area contributed by atoms with Gasteiger partial charge in [-0.15, -0.1) is 0 Å². The van der Waals surface area contributed by atoms with E-state index in [1.165, 1.54) is 0 Å². The topological polar surface area (TPSA) is 88.5 Å². The molecule has 0 spiro atoms. The van der Waals surface area contributed by atoms with Gasteiger partial charge in [-0.05, 0) is 12.1 Å². The summed E-state index contributed by atoms with van der Waals surface area (Å²) in [5.41, 5.74) is 1.29. The molecule has 1 aromatic carbocycles. The second kappa shape index (κ2) is 6.63. The summed E-state index contributed by atoms with van der Waals surface area (Å²) in [5, 5.41) is 11.9.